The van der Waals surface area contributed by atoms with Crippen LogP contribution in [0.3, 0.4) is 0 Å². The number of benzene rings is 1. The van der Waals surface area contributed by atoms with Gasteiger partial charge in [0.25, 0.3) is 0 Å². The van der Waals surface area contributed by atoms with E-state index in [9.17, 15) is 9.90 Å². The lowest BCUT2D eigenvalue weighted by Crippen LogP contribution is -2.14. The van der Waals surface area contributed by atoms with Crippen LogP contribution in [0.1, 0.15) is 47.6 Å². The van der Waals surface area contributed by atoms with E-state index < -0.39 is 5.97 Å². The van der Waals surface area contributed by atoms with Crippen molar-refractivity contribution < 1.29 is 9.90 Å². The van der Waals surface area contributed by atoms with Crippen molar-refractivity contribution in [1.82, 2.24) is 9.78 Å². The topological polar surface area (TPSA) is 55.1 Å². The predicted octanol–water partition coefficient (Wildman–Crippen LogP) is 3.26. The Bertz CT molecular complexity index is 688. The van der Waals surface area contributed by atoms with E-state index in [-0.39, 0.29) is 5.69 Å². The molecule has 21 heavy (non-hydrogen) atoms. The first-order valence-corrected chi connectivity index (χ1v) is 7.53. The first-order valence-electron chi connectivity index (χ1n) is 7.53. The smallest absolute Gasteiger partial charge is 0.356 e. The van der Waals surface area contributed by atoms with Gasteiger partial charge < -0.3 is 5.11 Å². The quantitative estimate of drug-likeness (QED) is 0.941. The maximum atomic E-state index is 11.5. The van der Waals surface area contributed by atoms with Crippen LogP contribution in [0.25, 0.3) is 5.69 Å². The van der Waals surface area contributed by atoms with E-state index in [1.54, 1.807) is 0 Å². The number of hydrogen-bond acceptors (Lipinski definition) is 2. The van der Waals surface area contributed by atoms with E-state index >= 15 is 0 Å². The Morgan fingerprint density at radius 2 is 2.29 bits per heavy atom. The molecule has 0 saturated heterocycles. The first-order chi connectivity index (χ1) is 10.1. The summed E-state index contributed by atoms with van der Waals surface area (Å²) < 4.78 is 1.84. The van der Waals surface area contributed by atoms with Gasteiger partial charge in [0.2, 0.25) is 0 Å². The highest BCUT2D eigenvalue weighted by molar-refractivity contribution is 5.87. The van der Waals surface area contributed by atoms with E-state index in [4.69, 9.17) is 0 Å². The van der Waals surface area contributed by atoms with E-state index in [0.29, 0.717) is 5.92 Å². The summed E-state index contributed by atoms with van der Waals surface area (Å²) in [4.78, 5) is 11.5. The number of carboxylic acids is 1. The van der Waals surface area contributed by atoms with Gasteiger partial charge in [-0.3, -0.25) is 0 Å². The summed E-state index contributed by atoms with van der Waals surface area (Å²) in [6.07, 6.45) is 3.75. The molecule has 0 radical (unpaired) electrons. The number of carboxylic acid groups (broad SMARTS) is 1. The van der Waals surface area contributed by atoms with Gasteiger partial charge in [0.05, 0.1) is 5.69 Å². The standard InChI is InChI=1S/C17H20N2O2/c1-3-12-5-4-6-13(10-12)19-15-8-7-11(2)9-14(15)16(18-19)17(20)21/h4-6,10-11H,3,7-9H2,1-2H3,(H,20,21). The van der Waals surface area contributed by atoms with Crippen LogP contribution in [0.2, 0.25) is 0 Å². The molecule has 1 atom stereocenters. The summed E-state index contributed by atoms with van der Waals surface area (Å²) >= 11 is 0. The zero-order valence-electron chi connectivity index (χ0n) is 12.5. The van der Waals surface area contributed by atoms with Gasteiger partial charge in [-0.25, -0.2) is 9.48 Å². The predicted molar refractivity (Wildman–Crippen MR) is 81.1 cm³/mol. The number of nitrogens with zero attached hydrogens (tertiary/aromatic N) is 2. The summed E-state index contributed by atoms with van der Waals surface area (Å²) in [7, 11) is 0. The molecule has 0 amide bonds. The van der Waals surface area contributed by atoms with Crippen LogP contribution in [0.15, 0.2) is 24.3 Å². The molecule has 0 fully saturated rings. The lowest BCUT2D eigenvalue weighted by molar-refractivity contribution is 0.0688. The minimum atomic E-state index is -0.925. The minimum absolute atomic E-state index is 0.221. The normalized spacial score (nSPS) is 17.5. The molecule has 4 nitrogen and oxygen atoms in total. The average Bonchev–Trinajstić information content (AvgIpc) is 2.86. The van der Waals surface area contributed by atoms with Crippen LogP contribution in [-0.2, 0) is 19.3 Å². The second-order valence-corrected chi connectivity index (χ2v) is 5.86. The Balaban J connectivity index is 2.14. The van der Waals surface area contributed by atoms with Crippen LogP contribution in [0.4, 0.5) is 0 Å². The zero-order chi connectivity index (χ0) is 15.0. The molecule has 2 aromatic rings. The fourth-order valence-electron chi connectivity index (χ4n) is 3.08. The van der Waals surface area contributed by atoms with Gasteiger partial charge in [0, 0.05) is 11.3 Å². The van der Waals surface area contributed by atoms with Gasteiger partial charge in [-0.2, -0.15) is 5.10 Å². The fourth-order valence-corrected chi connectivity index (χ4v) is 3.08. The number of aryl methyl sites for hydroxylation is 1. The van der Waals surface area contributed by atoms with Gasteiger partial charge >= 0.3 is 5.97 Å². The van der Waals surface area contributed by atoms with Crippen LogP contribution < -0.4 is 0 Å². The minimum Gasteiger partial charge on any atom is -0.476 e. The molecule has 1 aliphatic rings. The van der Waals surface area contributed by atoms with Gasteiger partial charge in [0.15, 0.2) is 5.69 Å². The van der Waals surface area contributed by atoms with Crippen molar-refractivity contribution in [1.29, 1.82) is 0 Å². The Hall–Kier alpha value is -2.10. The van der Waals surface area contributed by atoms with Gasteiger partial charge in [-0.15, -0.1) is 0 Å². The van der Waals surface area contributed by atoms with Crippen molar-refractivity contribution >= 4 is 5.97 Å². The molecule has 4 heteroatoms. The van der Waals surface area contributed by atoms with Gasteiger partial charge in [0.1, 0.15) is 0 Å². The van der Waals surface area contributed by atoms with Crippen molar-refractivity contribution in [3.05, 3.63) is 46.8 Å². The monoisotopic (exact) mass is 284 g/mol. The van der Waals surface area contributed by atoms with Gasteiger partial charge in [-0.05, 0) is 49.3 Å². The number of hydrogen-bond donors (Lipinski definition) is 1. The van der Waals surface area contributed by atoms with Crippen molar-refractivity contribution in [2.45, 2.75) is 39.5 Å². The largest absolute Gasteiger partial charge is 0.476 e. The molecule has 1 unspecified atom stereocenters. The second-order valence-electron chi connectivity index (χ2n) is 5.86. The molecule has 0 aliphatic heterocycles. The maximum absolute atomic E-state index is 11.5. The van der Waals surface area contributed by atoms with Crippen LogP contribution >= 0.6 is 0 Å². The number of aromatic carboxylic acids is 1. The Kier molecular flexibility index (Phi) is 3.53. The summed E-state index contributed by atoms with van der Waals surface area (Å²) in [5.74, 6) is -0.402. The number of aromatic nitrogens is 2. The van der Waals surface area contributed by atoms with Crippen molar-refractivity contribution in [2.75, 3.05) is 0 Å². The zero-order valence-corrected chi connectivity index (χ0v) is 12.5. The molecule has 0 bridgehead atoms. The molecular weight excluding hydrogens is 264 g/mol. The summed E-state index contributed by atoms with van der Waals surface area (Å²) in [6, 6.07) is 8.18. The molecule has 110 valence electrons. The van der Waals surface area contributed by atoms with E-state index in [1.165, 1.54) is 5.56 Å². The van der Waals surface area contributed by atoms with E-state index in [0.717, 1.165) is 42.6 Å². The Morgan fingerprint density at radius 3 is 3.00 bits per heavy atom. The van der Waals surface area contributed by atoms with E-state index in [2.05, 4.69) is 31.1 Å². The SMILES string of the molecule is CCc1cccc(-n2nc(C(=O)O)c3c2CCC(C)C3)c1. The summed E-state index contributed by atoms with van der Waals surface area (Å²) in [5.41, 5.74) is 4.41. The van der Waals surface area contributed by atoms with E-state index in [1.807, 2.05) is 16.8 Å². The fraction of sp³-hybridized carbons (Fsp3) is 0.412. The lowest BCUT2D eigenvalue weighted by atomic mass is 9.87. The Labute approximate surface area is 124 Å². The molecule has 1 heterocycles. The Morgan fingerprint density at radius 1 is 1.48 bits per heavy atom. The lowest BCUT2D eigenvalue weighted by Gasteiger charge is -2.19. The highest BCUT2D eigenvalue weighted by atomic mass is 16.4. The third-order valence-electron chi connectivity index (χ3n) is 4.28. The summed E-state index contributed by atoms with van der Waals surface area (Å²) in [6.45, 7) is 4.28. The number of fused-ring (bicyclic) bond motifs is 1. The summed E-state index contributed by atoms with van der Waals surface area (Å²) in [5, 5.41) is 13.8. The molecule has 0 saturated carbocycles. The molecule has 1 aliphatic carbocycles. The highest BCUT2D eigenvalue weighted by Gasteiger charge is 2.27. The molecule has 1 aromatic heterocycles. The van der Waals surface area contributed by atoms with Crippen LogP contribution in [-0.4, -0.2) is 20.9 Å². The van der Waals surface area contributed by atoms with Crippen LogP contribution in [0, 0.1) is 5.92 Å². The number of rotatable bonds is 3. The number of carbonyl (C=O) groups is 1. The third-order valence-corrected chi connectivity index (χ3v) is 4.28. The molecular formula is C17H20N2O2. The van der Waals surface area contributed by atoms with Gasteiger partial charge in [-0.1, -0.05) is 26.0 Å². The second kappa shape index (κ2) is 5.35. The van der Waals surface area contributed by atoms with Crippen molar-refractivity contribution in [3.8, 4) is 5.69 Å². The van der Waals surface area contributed by atoms with Crippen molar-refractivity contribution in [3.63, 3.8) is 0 Å². The molecule has 0 spiro atoms. The maximum Gasteiger partial charge on any atom is 0.356 e. The highest BCUT2D eigenvalue weighted by Crippen LogP contribution is 2.30. The molecule has 3 rings (SSSR count). The molecule has 1 aromatic carbocycles. The third kappa shape index (κ3) is 2.46. The first kappa shape index (κ1) is 13.9. The van der Waals surface area contributed by atoms with Crippen molar-refractivity contribution in [2.24, 2.45) is 5.92 Å². The molecule has 1 N–H and O–H groups in total. The van der Waals surface area contributed by atoms with Crippen LogP contribution in [0.5, 0.6) is 0 Å². The average molecular weight is 284 g/mol.